The Bertz CT molecular complexity index is 601. The van der Waals surface area contributed by atoms with Crippen molar-refractivity contribution in [2.24, 2.45) is 0 Å². The standard InChI is InChI=1S/C18H20FNO3/c1-20(13-15-5-3-2-4-6-15)11-12-22-18(21)14-23-17-9-7-16(19)8-10-17/h2-10H,11-14H2,1H3/p+1. The molecule has 0 aliphatic rings. The van der Waals surface area contributed by atoms with E-state index in [2.05, 4.69) is 19.2 Å². The van der Waals surface area contributed by atoms with Gasteiger partial charge in [-0.15, -0.1) is 0 Å². The fourth-order valence-electron chi connectivity index (χ4n) is 2.09. The zero-order valence-electron chi connectivity index (χ0n) is 13.1. The van der Waals surface area contributed by atoms with E-state index >= 15 is 0 Å². The highest BCUT2D eigenvalue weighted by molar-refractivity contribution is 5.71. The maximum atomic E-state index is 12.7. The number of hydrogen-bond donors (Lipinski definition) is 1. The fraction of sp³-hybridized carbons (Fsp3) is 0.278. The average Bonchev–Trinajstić information content (AvgIpc) is 2.55. The first kappa shape index (κ1) is 17.0. The molecule has 122 valence electrons. The average molecular weight is 318 g/mol. The minimum atomic E-state index is -0.429. The third-order valence-corrected chi connectivity index (χ3v) is 3.31. The summed E-state index contributed by atoms with van der Waals surface area (Å²) in [4.78, 5) is 12.8. The van der Waals surface area contributed by atoms with Crippen molar-refractivity contribution in [3.8, 4) is 5.75 Å². The smallest absolute Gasteiger partial charge is 0.344 e. The molecule has 0 saturated heterocycles. The predicted octanol–water partition coefficient (Wildman–Crippen LogP) is 1.46. The lowest BCUT2D eigenvalue weighted by Crippen LogP contribution is -3.08. The van der Waals surface area contributed by atoms with Crippen molar-refractivity contribution in [3.05, 3.63) is 66.0 Å². The molecule has 2 rings (SSSR count). The second-order valence-electron chi connectivity index (χ2n) is 5.33. The van der Waals surface area contributed by atoms with E-state index < -0.39 is 5.97 Å². The van der Waals surface area contributed by atoms with Gasteiger partial charge in [0.05, 0.1) is 7.05 Å². The minimum absolute atomic E-state index is 0.177. The Hall–Kier alpha value is -2.40. The van der Waals surface area contributed by atoms with Crippen molar-refractivity contribution >= 4 is 5.97 Å². The molecule has 0 aromatic heterocycles. The van der Waals surface area contributed by atoms with Crippen molar-refractivity contribution in [1.82, 2.24) is 0 Å². The molecule has 1 N–H and O–H groups in total. The monoisotopic (exact) mass is 318 g/mol. The lowest BCUT2D eigenvalue weighted by atomic mass is 10.2. The number of halogens is 1. The highest BCUT2D eigenvalue weighted by Crippen LogP contribution is 2.10. The summed E-state index contributed by atoms with van der Waals surface area (Å²) in [5.41, 5.74) is 1.25. The topological polar surface area (TPSA) is 40.0 Å². The lowest BCUT2D eigenvalue weighted by Gasteiger charge is -2.14. The van der Waals surface area contributed by atoms with Crippen LogP contribution in [0.1, 0.15) is 5.56 Å². The zero-order chi connectivity index (χ0) is 16.5. The largest absolute Gasteiger partial charge is 0.482 e. The van der Waals surface area contributed by atoms with E-state index in [9.17, 15) is 9.18 Å². The molecule has 2 aromatic carbocycles. The van der Waals surface area contributed by atoms with E-state index in [1.807, 2.05) is 18.2 Å². The van der Waals surface area contributed by atoms with Crippen molar-refractivity contribution in [3.63, 3.8) is 0 Å². The molecule has 2 aromatic rings. The molecule has 4 nitrogen and oxygen atoms in total. The minimum Gasteiger partial charge on any atom is -0.482 e. The number of quaternary nitrogens is 1. The Kier molecular flexibility index (Phi) is 6.56. The summed E-state index contributed by atoms with van der Waals surface area (Å²) in [5, 5.41) is 0. The Morgan fingerprint density at radius 3 is 2.48 bits per heavy atom. The number of rotatable bonds is 8. The summed E-state index contributed by atoms with van der Waals surface area (Å²) in [5.74, 6) is -0.332. The Labute approximate surface area is 135 Å². The summed E-state index contributed by atoms with van der Waals surface area (Å²) in [7, 11) is 2.05. The van der Waals surface area contributed by atoms with E-state index in [-0.39, 0.29) is 12.4 Å². The fourth-order valence-corrected chi connectivity index (χ4v) is 2.09. The Balaban J connectivity index is 1.61. The van der Waals surface area contributed by atoms with Crippen LogP contribution in [0.2, 0.25) is 0 Å². The highest BCUT2D eigenvalue weighted by Gasteiger charge is 2.08. The van der Waals surface area contributed by atoms with Crippen molar-refractivity contribution < 1.29 is 23.6 Å². The molecule has 23 heavy (non-hydrogen) atoms. The van der Waals surface area contributed by atoms with Crippen LogP contribution in [0.15, 0.2) is 54.6 Å². The first-order valence-electron chi connectivity index (χ1n) is 7.52. The van der Waals surface area contributed by atoms with Crippen LogP contribution in [0.25, 0.3) is 0 Å². The van der Waals surface area contributed by atoms with Crippen LogP contribution in [0.5, 0.6) is 5.75 Å². The molecule has 0 spiro atoms. The molecule has 0 radical (unpaired) electrons. The zero-order valence-corrected chi connectivity index (χ0v) is 13.1. The summed E-state index contributed by atoms with van der Waals surface area (Å²) >= 11 is 0. The molecular weight excluding hydrogens is 297 g/mol. The third kappa shape index (κ3) is 6.48. The van der Waals surface area contributed by atoms with Gasteiger partial charge in [0, 0.05) is 5.56 Å². The highest BCUT2D eigenvalue weighted by atomic mass is 19.1. The van der Waals surface area contributed by atoms with Gasteiger partial charge in [0.1, 0.15) is 31.3 Å². The summed E-state index contributed by atoms with van der Waals surface area (Å²) < 4.78 is 23.1. The first-order valence-corrected chi connectivity index (χ1v) is 7.52. The quantitative estimate of drug-likeness (QED) is 0.749. The van der Waals surface area contributed by atoms with Gasteiger partial charge < -0.3 is 14.4 Å². The predicted molar refractivity (Wildman–Crippen MR) is 84.8 cm³/mol. The number of likely N-dealkylation sites (N-methyl/N-ethyl adjacent to an activating group) is 1. The van der Waals surface area contributed by atoms with E-state index in [1.165, 1.54) is 34.7 Å². The van der Waals surface area contributed by atoms with Crippen LogP contribution in [0, 0.1) is 5.82 Å². The second kappa shape index (κ2) is 8.90. The molecule has 0 heterocycles. The number of hydrogen-bond acceptors (Lipinski definition) is 3. The maximum Gasteiger partial charge on any atom is 0.344 e. The number of ether oxygens (including phenoxy) is 2. The van der Waals surface area contributed by atoms with Crippen LogP contribution < -0.4 is 9.64 Å². The van der Waals surface area contributed by atoms with Gasteiger partial charge in [-0.05, 0) is 24.3 Å². The molecule has 0 fully saturated rings. The molecular formula is C18H21FNO3+. The van der Waals surface area contributed by atoms with E-state index in [4.69, 9.17) is 9.47 Å². The summed E-state index contributed by atoms with van der Waals surface area (Å²) in [6.45, 7) is 1.76. The van der Waals surface area contributed by atoms with Gasteiger partial charge in [-0.2, -0.15) is 0 Å². The summed E-state index contributed by atoms with van der Waals surface area (Å²) in [6, 6.07) is 15.7. The number of esters is 1. The van der Waals surface area contributed by atoms with E-state index in [1.54, 1.807) is 0 Å². The molecule has 1 atom stereocenters. The molecule has 0 amide bonds. The van der Waals surface area contributed by atoms with Crippen LogP contribution in [0.3, 0.4) is 0 Å². The Morgan fingerprint density at radius 1 is 1.09 bits per heavy atom. The summed E-state index contributed by atoms with van der Waals surface area (Å²) in [6.07, 6.45) is 0. The van der Waals surface area contributed by atoms with Crippen molar-refractivity contribution in [2.75, 3.05) is 26.8 Å². The Morgan fingerprint density at radius 2 is 1.78 bits per heavy atom. The van der Waals surface area contributed by atoms with Crippen LogP contribution in [-0.2, 0) is 16.1 Å². The van der Waals surface area contributed by atoms with E-state index in [0.29, 0.717) is 12.4 Å². The molecule has 1 unspecified atom stereocenters. The third-order valence-electron chi connectivity index (χ3n) is 3.31. The second-order valence-corrected chi connectivity index (χ2v) is 5.33. The number of carbonyl (C=O) groups is 1. The molecule has 5 heteroatoms. The van der Waals surface area contributed by atoms with Crippen molar-refractivity contribution in [2.45, 2.75) is 6.54 Å². The van der Waals surface area contributed by atoms with Gasteiger partial charge in [-0.1, -0.05) is 30.3 Å². The molecule has 0 bridgehead atoms. The first-order chi connectivity index (χ1) is 11.1. The van der Waals surface area contributed by atoms with E-state index in [0.717, 1.165) is 13.1 Å². The van der Waals surface area contributed by atoms with Gasteiger partial charge in [-0.3, -0.25) is 0 Å². The van der Waals surface area contributed by atoms with Gasteiger partial charge in [0.15, 0.2) is 6.61 Å². The van der Waals surface area contributed by atoms with Gasteiger partial charge >= 0.3 is 5.97 Å². The number of nitrogens with one attached hydrogen (secondary N) is 1. The number of benzene rings is 2. The molecule has 0 aliphatic carbocycles. The van der Waals surface area contributed by atoms with Crippen LogP contribution in [-0.4, -0.2) is 32.8 Å². The van der Waals surface area contributed by atoms with Crippen LogP contribution in [0.4, 0.5) is 4.39 Å². The van der Waals surface area contributed by atoms with Gasteiger partial charge in [0.2, 0.25) is 0 Å². The molecule has 0 aliphatic heterocycles. The SMILES string of the molecule is C[NH+](CCOC(=O)COc1ccc(F)cc1)Cc1ccccc1. The maximum absolute atomic E-state index is 12.7. The van der Waals surface area contributed by atoms with Gasteiger partial charge in [0.25, 0.3) is 0 Å². The normalized spacial score (nSPS) is 11.7. The van der Waals surface area contributed by atoms with Crippen LogP contribution >= 0.6 is 0 Å². The van der Waals surface area contributed by atoms with Gasteiger partial charge in [-0.25, -0.2) is 9.18 Å². The number of carbonyl (C=O) groups excluding carboxylic acids is 1. The molecule has 0 saturated carbocycles. The van der Waals surface area contributed by atoms with Crippen molar-refractivity contribution in [1.29, 1.82) is 0 Å². The lowest BCUT2D eigenvalue weighted by molar-refractivity contribution is -0.893.